The number of carbonyl (C=O) groups excluding carboxylic acids is 2. The molecule has 0 saturated carbocycles. The van der Waals surface area contributed by atoms with E-state index in [1.807, 2.05) is 54.6 Å². The predicted octanol–water partition coefficient (Wildman–Crippen LogP) is 5.67. The van der Waals surface area contributed by atoms with Crippen molar-refractivity contribution in [1.82, 2.24) is 0 Å². The monoisotopic (exact) mass is 454 g/mol. The lowest BCUT2D eigenvalue weighted by Crippen LogP contribution is -2.31. The van der Waals surface area contributed by atoms with Gasteiger partial charge in [0.1, 0.15) is 5.75 Å². The quantitative estimate of drug-likeness (QED) is 0.430. The zero-order valence-corrected chi connectivity index (χ0v) is 19.1. The predicted molar refractivity (Wildman–Crippen MR) is 130 cm³/mol. The van der Waals surface area contributed by atoms with Crippen LogP contribution in [0.2, 0.25) is 0 Å². The van der Waals surface area contributed by atoms with Crippen LogP contribution in [0.4, 0.5) is 5.69 Å². The summed E-state index contributed by atoms with van der Waals surface area (Å²) in [6, 6.07) is 25.2. The van der Waals surface area contributed by atoms with E-state index in [1.54, 1.807) is 24.3 Å². The van der Waals surface area contributed by atoms with Crippen molar-refractivity contribution in [2.75, 3.05) is 11.5 Å². The third-order valence-corrected chi connectivity index (χ3v) is 6.08. The molecule has 0 spiro atoms. The van der Waals surface area contributed by atoms with Crippen molar-refractivity contribution in [3.8, 4) is 11.8 Å². The minimum absolute atomic E-state index is 0.355. The number of nitriles is 1. The fraction of sp³-hybridized carbons (Fsp3) is 0.148. The molecule has 0 radical (unpaired) electrons. The Morgan fingerprint density at radius 1 is 0.909 bits per heavy atom. The van der Waals surface area contributed by atoms with Crippen LogP contribution in [0.5, 0.6) is 5.75 Å². The lowest BCUT2D eigenvalue weighted by atomic mass is 10.1. The first kappa shape index (κ1) is 22.4. The third-order valence-electron chi connectivity index (χ3n) is 4.99. The molecule has 164 valence electrons. The third kappa shape index (κ3) is 4.84. The summed E-state index contributed by atoms with van der Waals surface area (Å²) >= 11 is 1.27. The van der Waals surface area contributed by atoms with Gasteiger partial charge in [-0.3, -0.25) is 9.59 Å². The molecular formula is C27H22N2O3S. The molecule has 0 fully saturated rings. The van der Waals surface area contributed by atoms with Crippen LogP contribution in [-0.2, 0) is 9.59 Å². The van der Waals surface area contributed by atoms with Gasteiger partial charge in [0, 0.05) is 4.90 Å². The van der Waals surface area contributed by atoms with Gasteiger partial charge >= 0.3 is 0 Å². The first-order valence-corrected chi connectivity index (χ1v) is 11.4. The van der Waals surface area contributed by atoms with Gasteiger partial charge < -0.3 is 4.74 Å². The first-order chi connectivity index (χ1) is 16.0. The fourth-order valence-corrected chi connectivity index (χ4v) is 4.38. The zero-order chi connectivity index (χ0) is 23.4. The fourth-order valence-electron chi connectivity index (χ4n) is 3.37. The summed E-state index contributed by atoms with van der Waals surface area (Å²) in [5, 5.41) is 9.07. The van der Waals surface area contributed by atoms with E-state index in [2.05, 4.69) is 19.9 Å². The van der Waals surface area contributed by atoms with Crippen LogP contribution in [-0.4, -0.2) is 18.4 Å². The van der Waals surface area contributed by atoms with Gasteiger partial charge in [0.25, 0.3) is 11.8 Å². The molecular weight excluding hydrogens is 432 g/mol. The molecule has 6 heteroatoms. The highest BCUT2D eigenvalue weighted by atomic mass is 32.2. The highest BCUT2D eigenvalue weighted by Gasteiger charge is 2.40. The smallest absolute Gasteiger partial charge is 0.272 e. The molecule has 1 aliphatic rings. The Hall–Kier alpha value is -3.82. The number of amides is 2. The van der Waals surface area contributed by atoms with Gasteiger partial charge in [-0.25, -0.2) is 4.90 Å². The van der Waals surface area contributed by atoms with E-state index in [-0.39, 0.29) is 11.8 Å². The standard InChI is InChI=1S/C27H22N2O3S/c1-18(2)17-32-22-14-10-20(11-15-22)24-25(33-23-6-4-3-5-7-23)27(31)29(26(24)30)21-12-8-19(16-28)9-13-21/h3-15,18H,17H2,1-2H3. The second kappa shape index (κ2) is 9.76. The number of imide groups is 1. The number of hydrogen-bond acceptors (Lipinski definition) is 5. The van der Waals surface area contributed by atoms with E-state index in [1.165, 1.54) is 16.7 Å². The van der Waals surface area contributed by atoms with Crippen LogP contribution < -0.4 is 9.64 Å². The lowest BCUT2D eigenvalue weighted by Gasteiger charge is -2.15. The number of anilines is 1. The molecule has 3 aromatic carbocycles. The molecule has 0 bridgehead atoms. The summed E-state index contributed by atoms with van der Waals surface area (Å²) in [6.07, 6.45) is 0. The Bertz CT molecular complexity index is 1240. The molecule has 0 N–H and O–H groups in total. The topological polar surface area (TPSA) is 70.4 Å². The Balaban J connectivity index is 1.72. The second-order valence-electron chi connectivity index (χ2n) is 7.95. The number of nitrogens with zero attached hydrogens (tertiary/aromatic N) is 2. The molecule has 2 amide bonds. The van der Waals surface area contributed by atoms with Gasteiger partial charge in [0.05, 0.1) is 34.4 Å². The largest absolute Gasteiger partial charge is 0.493 e. The van der Waals surface area contributed by atoms with Crippen molar-refractivity contribution in [3.05, 3.63) is 94.9 Å². The summed E-state index contributed by atoms with van der Waals surface area (Å²) < 4.78 is 5.76. The second-order valence-corrected chi connectivity index (χ2v) is 9.04. The molecule has 0 unspecified atom stereocenters. The highest BCUT2D eigenvalue weighted by Crippen LogP contribution is 2.41. The lowest BCUT2D eigenvalue weighted by molar-refractivity contribution is -0.119. The van der Waals surface area contributed by atoms with Crippen molar-refractivity contribution < 1.29 is 14.3 Å². The maximum absolute atomic E-state index is 13.5. The van der Waals surface area contributed by atoms with Gasteiger partial charge in [0.2, 0.25) is 0 Å². The van der Waals surface area contributed by atoms with Crippen LogP contribution >= 0.6 is 11.8 Å². The van der Waals surface area contributed by atoms with Crippen molar-refractivity contribution in [2.24, 2.45) is 5.92 Å². The molecule has 4 rings (SSSR count). The summed E-state index contributed by atoms with van der Waals surface area (Å²) in [4.78, 5) is 29.4. The maximum atomic E-state index is 13.5. The molecule has 3 aromatic rings. The average molecular weight is 455 g/mol. The Morgan fingerprint density at radius 2 is 1.58 bits per heavy atom. The summed E-state index contributed by atoms with van der Waals surface area (Å²) in [6.45, 7) is 4.75. The Morgan fingerprint density at radius 3 is 2.18 bits per heavy atom. The molecule has 0 aromatic heterocycles. The molecule has 33 heavy (non-hydrogen) atoms. The zero-order valence-electron chi connectivity index (χ0n) is 18.3. The normalized spacial score (nSPS) is 13.6. The average Bonchev–Trinajstić information content (AvgIpc) is 3.08. The van der Waals surface area contributed by atoms with Crippen LogP contribution in [0.1, 0.15) is 25.0 Å². The molecule has 1 aliphatic heterocycles. The van der Waals surface area contributed by atoms with Crippen molar-refractivity contribution in [1.29, 1.82) is 5.26 Å². The number of benzene rings is 3. The van der Waals surface area contributed by atoms with Crippen LogP contribution in [0.3, 0.4) is 0 Å². The first-order valence-electron chi connectivity index (χ1n) is 10.6. The van der Waals surface area contributed by atoms with Gasteiger partial charge in [-0.1, -0.05) is 55.9 Å². The van der Waals surface area contributed by atoms with Crippen molar-refractivity contribution in [3.63, 3.8) is 0 Å². The van der Waals surface area contributed by atoms with E-state index in [0.717, 1.165) is 4.90 Å². The maximum Gasteiger partial charge on any atom is 0.272 e. The van der Waals surface area contributed by atoms with E-state index in [4.69, 9.17) is 10.00 Å². The Kier molecular flexibility index (Phi) is 6.62. The highest BCUT2D eigenvalue weighted by molar-refractivity contribution is 8.04. The van der Waals surface area contributed by atoms with E-state index < -0.39 is 0 Å². The van der Waals surface area contributed by atoms with Crippen molar-refractivity contribution >= 4 is 34.8 Å². The van der Waals surface area contributed by atoms with Crippen LogP contribution in [0.15, 0.2) is 88.7 Å². The number of ether oxygens (including phenoxy) is 1. The van der Waals surface area contributed by atoms with E-state index in [9.17, 15) is 9.59 Å². The number of carbonyl (C=O) groups is 2. The molecule has 0 aliphatic carbocycles. The van der Waals surface area contributed by atoms with Gasteiger partial charge in [-0.05, 0) is 60.0 Å². The van der Waals surface area contributed by atoms with E-state index >= 15 is 0 Å². The SMILES string of the molecule is CC(C)COc1ccc(C2=C(Sc3ccccc3)C(=O)N(c3ccc(C#N)cc3)C2=O)cc1. The summed E-state index contributed by atoms with van der Waals surface area (Å²) in [5.41, 5.74) is 1.90. The van der Waals surface area contributed by atoms with Crippen molar-refractivity contribution in [2.45, 2.75) is 18.7 Å². The van der Waals surface area contributed by atoms with Gasteiger partial charge in [-0.15, -0.1) is 0 Å². The van der Waals surface area contributed by atoms with Gasteiger partial charge in [-0.2, -0.15) is 5.26 Å². The molecule has 5 nitrogen and oxygen atoms in total. The number of rotatable bonds is 7. The number of hydrogen-bond donors (Lipinski definition) is 0. The Labute approximate surface area is 197 Å². The summed E-state index contributed by atoms with van der Waals surface area (Å²) in [5.74, 6) is 0.343. The van der Waals surface area contributed by atoms with E-state index in [0.29, 0.717) is 45.6 Å². The van der Waals surface area contributed by atoms with Gasteiger partial charge in [0.15, 0.2) is 0 Å². The molecule has 0 atom stereocenters. The van der Waals surface area contributed by atoms with Crippen LogP contribution in [0, 0.1) is 17.2 Å². The minimum Gasteiger partial charge on any atom is -0.493 e. The number of thioether (sulfide) groups is 1. The summed E-state index contributed by atoms with van der Waals surface area (Å²) in [7, 11) is 0. The molecule has 1 heterocycles. The minimum atomic E-state index is -0.390. The molecule has 0 saturated heterocycles. The van der Waals surface area contributed by atoms with Crippen LogP contribution in [0.25, 0.3) is 5.57 Å².